The molecule has 0 spiro atoms. The van der Waals surface area contributed by atoms with Crippen molar-refractivity contribution in [1.29, 1.82) is 0 Å². The molecule has 1 saturated heterocycles. The number of benzene rings is 2. The minimum absolute atomic E-state index is 0.220. The molecule has 7 heteroatoms. The summed E-state index contributed by atoms with van der Waals surface area (Å²) < 4.78 is 0. The van der Waals surface area contributed by atoms with Crippen LogP contribution in [0.3, 0.4) is 0 Å². The first-order chi connectivity index (χ1) is 13.8. The maximum absolute atomic E-state index is 5.01. The molecule has 142 valence electrons. The molecule has 5 rings (SSSR count). The fourth-order valence-electron chi connectivity index (χ4n) is 4.18. The van der Waals surface area contributed by atoms with Gasteiger partial charge < -0.3 is 9.88 Å². The van der Waals surface area contributed by atoms with E-state index in [2.05, 4.69) is 69.7 Å². The number of aromatic amines is 1. The largest absolute Gasteiger partial charge is 0.359 e. The molecule has 0 saturated carbocycles. The summed E-state index contributed by atoms with van der Waals surface area (Å²) in [6.07, 6.45) is 7.75. The minimum atomic E-state index is 0.220. The van der Waals surface area contributed by atoms with Crippen LogP contribution in [0.4, 0.5) is 5.69 Å². The van der Waals surface area contributed by atoms with Gasteiger partial charge in [0.2, 0.25) is 0 Å². The molecule has 2 aromatic carbocycles. The monoisotopic (exact) mass is 390 g/mol. The molecule has 0 radical (unpaired) electrons. The lowest BCUT2D eigenvalue weighted by Gasteiger charge is -2.28. The number of anilines is 1. The van der Waals surface area contributed by atoms with Gasteiger partial charge in [-0.15, -0.1) is 16.6 Å². The van der Waals surface area contributed by atoms with E-state index in [4.69, 9.17) is 4.98 Å². The van der Waals surface area contributed by atoms with Crippen LogP contribution in [0, 0.1) is 6.92 Å². The molecule has 1 aliphatic rings. The van der Waals surface area contributed by atoms with Crippen molar-refractivity contribution in [2.75, 3.05) is 17.7 Å². The van der Waals surface area contributed by atoms with Crippen molar-refractivity contribution in [3.05, 3.63) is 60.2 Å². The van der Waals surface area contributed by atoms with Crippen molar-refractivity contribution < 1.29 is 0 Å². The van der Waals surface area contributed by atoms with E-state index in [1.54, 1.807) is 29.0 Å². The molecule has 28 heavy (non-hydrogen) atoms. The van der Waals surface area contributed by atoms with Gasteiger partial charge in [-0.2, -0.15) is 10.2 Å². The standard InChI is InChI=1S/C21H22N6S/c1-14-6-3-8-16(27-22-11-12-23-27)20(14)26-13-5-9-17(26)21-24-15-7-4-10-18(28-2)19(15)25-21/h3-4,6-8,10-12,17H,5,9,13H2,1-2H3,(H,24,25)/t17-/m0/s1. The van der Waals surface area contributed by atoms with E-state index in [0.29, 0.717) is 0 Å². The van der Waals surface area contributed by atoms with Crippen molar-refractivity contribution in [3.63, 3.8) is 0 Å². The summed E-state index contributed by atoms with van der Waals surface area (Å²) in [5, 5.41) is 8.74. The zero-order valence-corrected chi connectivity index (χ0v) is 16.8. The molecule has 1 aliphatic heterocycles. The molecule has 0 aliphatic carbocycles. The number of aromatic nitrogens is 5. The highest BCUT2D eigenvalue weighted by Gasteiger charge is 2.31. The SMILES string of the molecule is CSc1cccc2[nH]c([C@@H]3CCCN3c3c(C)cccc3-n3nccn3)nc12. The first kappa shape index (κ1) is 17.3. The third kappa shape index (κ3) is 2.77. The molecular weight excluding hydrogens is 368 g/mol. The van der Waals surface area contributed by atoms with Gasteiger partial charge in [-0.25, -0.2) is 4.98 Å². The number of hydrogen-bond acceptors (Lipinski definition) is 5. The number of H-pyrrole nitrogens is 1. The van der Waals surface area contributed by atoms with Crippen LogP contribution in [0.25, 0.3) is 16.7 Å². The third-order valence-corrected chi connectivity index (χ3v) is 6.19. The van der Waals surface area contributed by atoms with E-state index in [-0.39, 0.29) is 6.04 Å². The molecule has 1 atom stereocenters. The summed E-state index contributed by atoms with van der Waals surface area (Å²) in [5.74, 6) is 1.04. The van der Waals surface area contributed by atoms with E-state index >= 15 is 0 Å². The van der Waals surface area contributed by atoms with Gasteiger partial charge in [0, 0.05) is 11.4 Å². The zero-order chi connectivity index (χ0) is 19.1. The number of fused-ring (bicyclic) bond motifs is 1. The predicted octanol–water partition coefficient (Wildman–Crippen LogP) is 4.52. The number of para-hydroxylation sites is 2. The Morgan fingerprint density at radius 3 is 2.75 bits per heavy atom. The van der Waals surface area contributed by atoms with E-state index in [1.807, 2.05) is 0 Å². The number of rotatable bonds is 4. The second-order valence-electron chi connectivity index (χ2n) is 7.09. The smallest absolute Gasteiger partial charge is 0.130 e. The normalized spacial score (nSPS) is 16.9. The average Bonchev–Trinajstić information content (AvgIpc) is 3.46. The maximum Gasteiger partial charge on any atom is 0.130 e. The Bertz CT molecular complexity index is 1120. The van der Waals surface area contributed by atoms with Gasteiger partial charge in [-0.05, 0) is 49.8 Å². The lowest BCUT2D eigenvalue weighted by molar-refractivity contribution is 0.669. The molecule has 1 N–H and O–H groups in total. The van der Waals surface area contributed by atoms with E-state index in [9.17, 15) is 0 Å². The lowest BCUT2D eigenvalue weighted by Crippen LogP contribution is -2.26. The van der Waals surface area contributed by atoms with Crippen LogP contribution in [0.2, 0.25) is 0 Å². The van der Waals surface area contributed by atoms with Gasteiger partial charge in [0.15, 0.2) is 0 Å². The second-order valence-corrected chi connectivity index (χ2v) is 7.94. The molecule has 0 unspecified atom stereocenters. The molecule has 4 aromatic rings. The van der Waals surface area contributed by atoms with Crippen LogP contribution >= 0.6 is 11.8 Å². The van der Waals surface area contributed by atoms with Gasteiger partial charge >= 0.3 is 0 Å². The number of nitrogens with zero attached hydrogens (tertiary/aromatic N) is 5. The number of imidazole rings is 1. The van der Waals surface area contributed by atoms with E-state index < -0.39 is 0 Å². The first-order valence-electron chi connectivity index (χ1n) is 9.52. The molecule has 6 nitrogen and oxygen atoms in total. The van der Waals surface area contributed by atoms with Gasteiger partial charge in [-0.3, -0.25) is 0 Å². The topological polar surface area (TPSA) is 62.6 Å². The quantitative estimate of drug-likeness (QED) is 0.519. The van der Waals surface area contributed by atoms with Crippen LogP contribution in [0.5, 0.6) is 0 Å². The maximum atomic E-state index is 5.01. The van der Waals surface area contributed by atoms with Crippen molar-refractivity contribution in [1.82, 2.24) is 25.0 Å². The van der Waals surface area contributed by atoms with Crippen molar-refractivity contribution in [3.8, 4) is 5.69 Å². The van der Waals surface area contributed by atoms with E-state index in [1.165, 1.54) is 16.1 Å². The van der Waals surface area contributed by atoms with Gasteiger partial charge in [0.25, 0.3) is 0 Å². The summed E-state index contributed by atoms with van der Waals surface area (Å²) in [6, 6.07) is 12.9. The van der Waals surface area contributed by atoms with Crippen LogP contribution in [0.15, 0.2) is 53.7 Å². The van der Waals surface area contributed by atoms with Crippen molar-refractivity contribution in [2.45, 2.75) is 30.7 Å². The van der Waals surface area contributed by atoms with Crippen LogP contribution in [-0.2, 0) is 0 Å². The molecule has 3 heterocycles. The Hall–Kier alpha value is -2.80. The summed E-state index contributed by atoms with van der Waals surface area (Å²) in [5.41, 5.74) is 5.59. The number of hydrogen-bond donors (Lipinski definition) is 1. The van der Waals surface area contributed by atoms with Crippen LogP contribution < -0.4 is 4.90 Å². The highest BCUT2D eigenvalue weighted by atomic mass is 32.2. The van der Waals surface area contributed by atoms with Crippen molar-refractivity contribution in [2.24, 2.45) is 0 Å². The molecule has 2 aromatic heterocycles. The Balaban J connectivity index is 1.61. The summed E-state index contributed by atoms with van der Waals surface area (Å²) in [6.45, 7) is 3.15. The second kappa shape index (κ2) is 6.98. The number of aryl methyl sites for hydroxylation is 1. The van der Waals surface area contributed by atoms with Gasteiger partial charge in [0.05, 0.1) is 29.6 Å². The summed E-state index contributed by atoms with van der Waals surface area (Å²) in [4.78, 5) is 14.0. The molecule has 1 fully saturated rings. The summed E-state index contributed by atoms with van der Waals surface area (Å²) >= 11 is 1.74. The highest BCUT2D eigenvalue weighted by molar-refractivity contribution is 7.98. The molecule has 0 amide bonds. The van der Waals surface area contributed by atoms with Crippen LogP contribution in [-0.4, -0.2) is 37.8 Å². The van der Waals surface area contributed by atoms with Gasteiger partial charge in [0.1, 0.15) is 17.0 Å². The Labute approximate surface area is 168 Å². The van der Waals surface area contributed by atoms with Crippen LogP contribution in [0.1, 0.15) is 30.3 Å². The minimum Gasteiger partial charge on any atom is -0.359 e. The lowest BCUT2D eigenvalue weighted by atomic mass is 10.1. The Morgan fingerprint density at radius 1 is 1.11 bits per heavy atom. The van der Waals surface area contributed by atoms with Crippen molar-refractivity contribution >= 4 is 28.5 Å². The van der Waals surface area contributed by atoms with Gasteiger partial charge in [-0.1, -0.05) is 18.2 Å². The Kier molecular flexibility index (Phi) is 4.31. The fourth-order valence-corrected chi connectivity index (χ4v) is 4.75. The summed E-state index contributed by atoms with van der Waals surface area (Å²) in [7, 11) is 0. The Morgan fingerprint density at radius 2 is 1.93 bits per heavy atom. The predicted molar refractivity (Wildman–Crippen MR) is 113 cm³/mol. The fraction of sp³-hybridized carbons (Fsp3) is 0.286. The molecule has 0 bridgehead atoms. The zero-order valence-electron chi connectivity index (χ0n) is 16.0. The first-order valence-corrected chi connectivity index (χ1v) is 10.7. The molecular formula is C21H22N6S. The number of nitrogens with one attached hydrogen (secondary N) is 1. The highest BCUT2D eigenvalue weighted by Crippen LogP contribution is 2.40. The van der Waals surface area contributed by atoms with E-state index in [0.717, 1.165) is 41.9 Å². The number of thioether (sulfide) groups is 1. The average molecular weight is 391 g/mol. The third-order valence-electron chi connectivity index (χ3n) is 5.42.